The molecule has 0 aliphatic rings. The molecule has 1 aromatic carbocycles. The Labute approximate surface area is 159 Å². The molecule has 0 saturated heterocycles. The van der Waals surface area contributed by atoms with Crippen LogP contribution in [0.5, 0.6) is 0 Å². The van der Waals surface area contributed by atoms with Gasteiger partial charge >= 0.3 is 6.03 Å². The molecule has 0 bridgehead atoms. The number of aryl methyl sites for hydroxylation is 2. The fraction of sp³-hybridized carbons (Fsp3) is 0.350. The first kappa shape index (κ1) is 18.7. The topological polar surface area (TPSA) is 68.0 Å². The fourth-order valence-corrected chi connectivity index (χ4v) is 2.92. The maximum Gasteiger partial charge on any atom is 0.317 e. The Hall–Kier alpha value is -3.09. The van der Waals surface area contributed by atoms with E-state index in [-0.39, 0.29) is 6.03 Å². The van der Waals surface area contributed by atoms with E-state index in [9.17, 15) is 4.79 Å². The standard InChI is InChI=1S/C20H26N6O/c1-4-24(14-18-13-23-25(5-2)15-18)20(27)22-12-17-6-8-19(9-7-17)26-11-10-21-16(26)3/h6-11,13,15H,4-5,12,14H2,1-3H3,(H,22,27). The van der Waals surface area contributed by atoms with Crippen LogP contribution in [0.1, 0.15) is 30.8 Å². The van der Waals surface area contributed by atoms with E-state index in [1.807, 2.05) is 72.9 Å². The minimum absolute atomic E-state index is 0.0729. The zero-order valence-electron chi connectivity index (χ0n) is 16.1. The Bertz CT molecular complexity index is 880. The van der Waals surface area contributed by atoms with Crippen molar-refractivity contribution in [2.24, 2.45) is 0 Å². The summed E-state index contributed by atoms with van der Waals surface area (Å²) in [5.41, 5.74) is 3.15. The van der Waals surface area contributed by atoms with E-state index in [4.69, 9.17) is 0 Å². The summed E-state index contributed by atoms with van der Waals surface area (Å²) in [5.74, 6) is 0.945. The van der Waals surface area contributed by atoms with E-state index in [0.29, 0.717) is 19.6 Å². The molecule has 2 heterocycles. The molecule has 2 aromatic heterocycles. The molecule has 0 fully saturated rings. The smallest absolute Gasteiger partial charge is 0.317 e. The predicted molar refractivity (Wildman–Crippen MR) is 105 cm³/mol. The summed E-state index contributed by atoms with van der Waals surface area (Å²) in [7, 11) is 0. The molecular weight excluding hydrogens is 340 g/mol. The molecule has 27 heavy (non-hydrogen) atoms. The second-order valence-electron chi connectivity index (χ2n) is 6.39. The quantitative estimate of drug-likeness (QED) is 0.698. The maximum atomic E-state index is 12.5. The molecule has 142 valence electrons. The summed E-state index contributed by atoms with van der Waals surface area (Å²) in [6.07, 6.45) is 7.52. The Morgan fingerprint density at radius 1 is 1.19 bits per heavy atom. The molecule has 3 rings (SSSR count). The minimum atomic E-state index is -0.0729. The van der Waals surface area contributed by atoms with Crippen LogP contribution in [0, 0.1) is 6.92 Å². The number of carbonyl (C=O) groups excluding carboxylic acids is 1. The van der Waals surface area contributed by atoms with Crippen LogP contribution in [0.2, 0.25) is 0 Å². The van der Waals surface area contributed by atoms with Gasteiger partial charge in [0.05, 0.1) is 12.7 Å². The van der Waals surface area contributed by atoms with Crippen molar-refractivity contribution in [2.45, 2.75) is 40.4 Å². The number of rotatable bonds is 7. The van der Waals surface area contributed by atoms with Crippen LogP contribution in [0.15, 0.2) is 49.1 Å². The molecule has 0 spiro atoms. The molecule has 3 aromatic rings. The highest BCUT2D eigenvalue weighted by molar-refractivity contribution is 5.74. The van der Waals surface area contributed by atoms with Gasteiger partial charge in [0.2, 0.25) is 0 Å². The van der Waals surface area contributed by atoms with Gasteiger partial charge in [-0.05, 0) is 38.5 Å². The highest BCUT2D eigenvalue weighted by atomic mass is 16.2. The maximum absolute atomic E-state index is 12.5. The van der Waals surface area contributed by atoms with Gasteiger partial charge in [0.1, 0.15) is 5.82 Å². The van der Waals surface area contributed by atoms with Crippen LogP contribution in [-0.4, -0.2) is 36.8 Å². The molecule has 0 atom stereocenters. The molecule has 7 heteroatoms. The van der Waals surface area contributed by atoms with E-state index in [1.54, 1.807) is 11.1 Å². The average molecular weight is 366 g/mol. The van der Waals surface area contributed by atoms with Crippen molar-refractivity contribution in [1.82, 2.24) is 29.5 Å². The van der Waals surface area contributed by atoms with Crippen molar-refractivity contribution in [1.29, 1.82) is 0 Å². The molecule has 0 saturated carbocycles. The van der Waals surface area contributed by atoms with Crippen LogP contribution in [0.3, 0.4) is 0 Å². The Morgan fingerprint density at radius 2 is 1.96 bits per heavy atom. The highest BCUT2D eigenvalue weighted by Crippen LogP contribution is 2.12. The molecule has 2 amide bonds. The van der Waals surface area contributed by atoms with Crippen molar-refractivity contribution in [3.05, 3.63) is 66.0 Å². The minimum Gasteiger partial charge on any atom is -0.334 e. The highest BCUT2D eigenvalue weighted by Gasteiger charge is 2.13. The zero-order valence-corrected chi connectivity index (χ0v) is 16.1. The van der Waals surface area contributed by atoms with Crippen LogP contribution in [-0.2, 0) is 19.6 Å². The van der Waals surface area contributed by atoms with Gasteiger partial charge in [-0.25, -0.2) is 9.78 Å². The normalized spacial score (nSPS) is 10.8. The van der Waals surface area contributed by atoms with Crippen molar-refractivity contribution in [2.75, 3.05) is 6.54 Å². The second kappa shape index (κ2) is 8.53. The van der Waals surface area contributed by atoms with Gasteiger partial charge in [-0.15, -0.1) is 0 Å². The fourth-order valence-electron chi connectivity index (χ4n) is 2.92. The van der Waals surface area contributed by atoms with E-state index < -0.39 is 0 Å². The van der Waals surface area contributed by atoms with Gasteiger partial charge in [-0.2, -0.15) is 5.10 Å². The van der Waals surface area contributed by atoms with Gasteiger partial charge in [0.15, 0.2) is 0 Å². The van der Waals surface area contributed by atoms with Gasteiger partial charge < -0.3 is 14.8 Å². The summed E-state index contributed by atoms with van der Waals surface area (Å²) < 4.78 is 3.89. The molecular formula is C20H26N6O. The molecule has 0 aliphatic heterocycles. The van der Waals surface area contributed by atoms with Crippen molar-refractivity contribution >= 4 is 6.03 Å². The van der Waals surface area contributed by atoms with Crippen molar-refractivity contribution < 1.29 is 4.79 Å². The first-order valence-corrected chi connectivity index (χ1v) is 9.24. The Balaban J connectivity index is 1.56. The lowest BCUT2D eigenvalue weighted by Gasteiger charge is -2.20. The molecule has 0 aliphatic carbocycles. The van der Waals surface area contributed by atoms with E-state index in [1.165, 1.54) is 0 Å². The summed E-state index contributed by atoms with van der Waals surface area (Å²) in [5, 5.41) is 7.26. The first-order chi connectivity index (χ1) is 13.1. The largest absolute Gasteiger partial charge is 0.334 e. The predicted octanol–water partition coefficient (Wildman–Crippen LogP) is 3.13. The summed E-state index contributed by atoms with van der Waals surface area (Å²) in [6, 6.07) is 8.05. The SMILES string of the molecule is CCN(Cc1cnn(CC)c1)C(=O)NCc1ccc(-n2ccnc2C)cc1. The number of benzene rings is 1. The molecule has 0 radical (unpaired) electrons. The van der Waals surface area contributed by atoms with Gasteiger partial charge in [-0.3, -0.25) is 4.68 Å². The van der Waals surface area contributed by atoms with E-state index in [0.717, 1.165) is 29.2 Å². The van der Waals surface area contributed by atoms with Crippen LogP contribution < -0.4 is 5.32 Å². The van der Waals surface area contributed by atoms with Crippen LogP contribution >= 0.6 is 0 Å². The number of hydrogen-bond acceptors (Lipinski definition) is 3. The van der Waals surface area contributed by atoms with E-state index in [2.05, 4.69) is 15.4 Å². The lowest BCUT2D eigenvalue weighted by Crippen LogP contribution is -2.38. The van der Waals surface area contributed by atoms with Gasteiger partial charge in [0.25, 0.3) is 0 Å². The number of nitrogens with zero attached hydrogens (tertiary/aromatic N) is 5. The number of carbonyl (C=O) groups is 1. The summed E-state index contributed by atoms with van der Waals surface area (Å²) in [4.78, 5) is 18.5. The van der Waals surface area contributed by atoms with Crippen LogP contribution in [0.25, 0.3) is 5.69 Å². The van der Waals surface area contributed by atoms with Crippen molar-refractivity contribution in [3.8, 4) is 5.69 Å². The van der Waals surface area contributed by atoms with Crippen molar-refractivity contribution in [3.63, 3.8) is 0 Å². The number of aromatic nitrogens is 4. The summed E-state index contributed by atoms with van der Waals surface area (Å²) >= 11 is 0. The second-order valence-corrected chi connectivity index (χ2v) is 6.39. The number of nitrogens with one attached hydrogen (secondary N) is 1. The number of amides is 2. The Kier molecular flexibility index (Phi) is 5.90. The summed E-state index contributed by atoms with van der Waals surface area (Å²) in [6.45, 7) is 8.51. The molecule has 0 unspecified atom stereocenters. The van der Waals surface area contributed by atoms with Gasteiger partial charge in [-0.1, -0.05) is 12.1 Å². The molecule has 1 N–H and O–H groups in total. The first-order valence-electron chi connectivity index (χ1n) is 9.24. The third-order valence-electron chi connectivity index (χ3n) is 4.54. The van der Waals surface area contributed by atoms with Gasteiger partial charge in [0, 0.05) is 49.5 Å². The lowest BCUT2D eigenvalue weighted by atomic mass is 10.2. The zero-order chi connectivity index (χ0) is 19.2. The average Bonchev–Trinajstić information content (AvgIpc) is 3.33. The van der Waals surface area contributed by atoms with Crippen LogP contribution in [0.4, 0.5) is 4.79 Å². The van der Waals surface area contributed by atoms with E-state index >= 15 is 0 Å². The third kappa shape index (κ3) is 4.55. The number of urea groups is 1. The monoisotopic (exact) mass is 366 g/mol. The third-order valence-corrected chi connectivity index (χ3v) is 4.54. The Morgan fingerprint density at radius 3 is 2.56 bits per heavy atom. The lowest BCUT2D eigenvalue weighted by molar-refractivity contribution is 0.197. The number of imidazole rings is 1. The number of hydrogen-bond donors (Lipinski definition) is 1. The molecule has 7 nitrogen and oxygen atoms in total.